The number of ether oxygens (including phenoxy) is 1. The lowest BCUT2D eigenvalue weighted by Crippen LogP contribution is -2.45. The third-order valence-corrected chi connectivity index (χ3v) is 7.84. The van der Waals surface area contributed by atoms with E-state index in [2.05, 4.69) is 20.9 Å². The predicted molar refractivity (Wildman–Crippen MR) is 95.3 cm³/mol. The van der Waals surface area contributed by atoms with Gasteiger partial charge in [0.2, 0.25) is 0 Å². The summed E-state index contributed by atoms with van der Waals surface area (Å²) < 4.78 is 70.3. The van der Waals surface area contributed by atoms with Crippen molar-refractivity contribution in [2.24, 2.45) is 4.99 Å². The van der Waals surface area contributed by atoms with Crippen molar-refractivity contribution in [1.82, 2.24) is 0 Å². The molecule has 4 nitrogen and oxygen atoms in total. The molecule has 2 heterocycles. The summed E-state index contributed by atoms with van der Waals surface area (Å²) in [5.41, 5.74) is -0.108. The molecule has 0 aliphatic carbocycles. The van der Waals surface area contributed by atoms with Gasteiger partial charge in [0, 0.05) is 6.61 Å². The summed E-state index contributed by atoms with van der Waals surface area (Å²) >= 11 is 3.27. The standard InChI is InChI=1S/C17H17BrF3NO3S/c1-16(5-6-25-14(9-16)11-7-15(18)22-10-11)26(23,24)13-4-2-3-12(8-13)17(19,20)21/h2-4,7-8,14H,5-6,9-10H2,1H3. The third kappa shape index (κ3) is 3.61. The molecule has 0 saturated carbocycles. The number of sulfone groups is 1. The molecule has 142 valence electrons. The Labute approximate surface area is 158 Å². The maximum atomic E-state index is 13.1. The van der Waals surface area contributed by atoms with Gasteiger partial charge in [-0.25, -0.2) is 8.42 Å². The van der Waals surface area contributed by atoms with Gasteiger partial charge in [-0.15, -0.1) is 0 Å². The second-order valence-electron chi connectivity index (χ2n) is 6.65. The highest BCUT2D eigenvalue weighted by molar-refractivity contribution is 9.18. The number of hydrogen-bond acceptors (Lipinski definition) is 4. The highest BCUT2D eigenvalue weighted by Crippen LogP contribution is 2.40. The highest BCUT2D eigenvalue weighted by Gasteiger charge is 2.46. The van der Waals surface area contributed by atoms with Crippen molar-refractivity contribution < 1.29 is 26.3 Å². The van der Waals surface area contributed by atoms with Crippen LogP contribution in [0.2, 0.25) is 0 Å². The molecule has 0 radical (unpaired) electrons. The number of rotatable bonds is 3. The maximum absolute atomic E-state index is 13.1. The predicted octanol–water partition coefficient (Wildman–Crippen LogP) is 4.15. The Hall–Kier alpha value is -1.19. The molecule has 0 bridgehead atoms. The summed E-state index contributed by atoms with van der Waals surface area (Å²) in [5, 5.41) is 0. The summed E-state index contributed by atoms with van der Waals surface area (Å²) in [6, 6.07) is 3.92. The molecule has 2 unspecified atom stereocenters. The van der Waals surface area contributed by atoms with Gasteiger partial charge in [-0.3, -0.25) is 4.99 Å². The lowest BCUT2D eigenvalue weighted by atomic mass is 9.92. The first kappa shape index (κ1) is 19.6. The van der Waals surface area contributed by atoms with Crippen LogP contribution in [0.1, 0.15) is 25.3 Å². The summed E-state index contributed by atoms with van der Waals surface area (Å²) in [4.78, 5) is 3.87. The zero-order valence-electron chi connectivity index (χ0n) is 13.9. The number of benzene rings is 1. The molecule has 1 fully saturated rings. The minimum atomic E-state index is -4.59. The van der Waals surface area contributed by atoms with E-state index in [1.54, 1.807) is 13.0 Å². The van der Waals surface area contributed by atoms with E-state index in [-0.39, 0.29) is 24.3 Å². The number of alkyl halides is 3. The Morgan fingerprint density at radius 1 is 1.35 bits per heavy atom. The van der Waals surface area contributed by atoms with Gasteiger partial charge >= 0.3 is 6.18 Å². The van der Waals surface area contributed by atoms with E-state index in [4.69, 9.17) is 4.74 Å². The van der Waals surface area contributed by atoms with Gasteiger partial charge in [-0.2, -0.15) is 13.2 Å². The van der Waals surface area contributed by atoms with Crippen molar-refractivity contribution in [3.8, 4) is 0 Å². The van der Waals surface area contributed by atoms with Crippen LogP contribution in [0.25, 0.3) is 0 Å². The Morgan fingerprint density at radius 3 is 2.69 bits per heavy atom. The molecule has 0 aromatic heterocycles. The van der Waals surface area contributed by atoms with Crippen LogP contribution >= 0.6 is 15.9 Å². The Balaban J connectivity index is 1.92. The summed E-state index contributed by atoms with van der Waals surface area (Å²) in [6.07, 6.45) is -2.82. The van der Waals surface area contributed by atoms with Crippen LogP contribution in [0.5, 0.6) is 0 Å². The average molecular weight is 452 g/mol. The van der Waals surface area contributed by atoms with Crippen LogP contribution in [0.15, 0.2) is 45.8 Å². The normalized spacial score (nSPS) is 27.2. The fourth-order valence-corrected chi connectivity index (χ4v) is 5.43. The average Bonchev–Trinajstić information content (AvgIpc) is 3.01. The molecule has 9 heteroatoms. The van der Waals surface area contributed by atoms with E-state index in [0.717, 1.165) is 17.7 Å². The van der Waals surface area contributed by atoms with Crippen LogP contribution in [-0.4, -0.2) is 37.0 Å². The third-order valence-electron chi connectivity index (χ3n) is 4.82. The van der Waals surface area contributed by atoms with E-state index < -0.39 is 32.4 Å². The van der Waals surface area contributed by atoms with Crippen LogP contribution in [0.4, 0.5) is 13.2 Å². The molecule has 0 spiro atoms. The quantitative estimate of drug-likeness (QED) is 0.693. The van der Waals surface area contributed by atoms with Crippen molar-refractivity contribution in [2.75, 3.05) is 13.2 Å². The lowest BCUT2D eigenvalue weighted by molar-refractivity contribution is -0.137. The molecular formula is C17H17BrF3NO3S. The van der Waals surface area contributed by atoms with Crippen LogP contribution in [0.3, 0.4) is 0 Å². The maximum Gasteiger partial charge on any atom is 0.416 e. The van der Waals surface area contributed by atoms with Crippen molar-refractivity contribution in [2.45, 2.75) is 41.7 Å². The smallest absolute Gasteiger partial charge is 0.374 e. The minimum absolute atomic E-state index is 0.174. The SMILES string of the molecule is CC1(S(=O)(=O)c2cccc(C(F)(F)F)c2)CCOC(C2=CC(Br)=NC2)C1. The van der Waals surface area contributed by atoms with Gasteiger partial charge in [0.25, 0.3) is 0 Å². The molecule has 2 aliphatic heterocycles. The largest absolute Gasteiger partial charge is 0.416 e. The first-order valence-electron chi connectivity index (χ1n) is 7.97. The van der Waals surface area contributed by atoms with E-state index in [9.17, 15) is 21.6 Å². The van der Waals surface area contributed by atoms with Gasteiger partial charge in [-0.1, -0.05) is 6.07 Å². The van der Waals surface area contributed by atoms with Crippen LogP contribution in [0, 0.1) is 0 Å². The van der Waals surface area contributed by atoms with E-state index in [0.29, 0.717) is 17.2 Å². The monoisotopic (exact) mass is 451 g/mol. The lowest BCUT2D eigenvalue weighted by Gasteiger charge is -2.38. The van der Waals surface area contributed by atoms with Gasteiger partial charge in [0.1, 0.15) is 4.62 Å². The van der Waals surface area contributed by atoms with Gasteiger partial charge < -0.3 is 4.74 Å². The molecule has 0 amide bonds. The molecule has 1 aromatic rings. The van der Waals surface area contributed by atoms with Crippen molar-refractivity contribution in [3.05, 3.63) is 41.5 Å². The molecular weight excluding hydrogens is 435 g/mol. The second kappa shape index (κ2) is 6.76. The molecule has 0 N–H and O–H groups in total. The first-order chi connectivity index (χ1) is 12.0. The summed E-state index contributed by atoms with van der Waals surface area (Å²) in [7, 11) is -3.98. The van der Waals surface area contributed by atoms with Crippen molar-refractivity contribution in [1.29, 1.82) is 0 Å². The molecule has 2 atom stereocenters. The Kier molecular flexibility index (Phi) is 5.09. The van der Waals surface area contributed by atoms with E-state index in [1.807, 2.05) is 0 Å². The number of allylic oxidation sites excluding steroid dienone is 1. The second-order valence-corrected chi connectivity index (χ2v) is 9.93. The van der Waals surface area contributed by atoms with E-state index >= 15 is 0 Å². The van der Waals surface area contributed by atoms with Gasteiger partial charge in [0.05, 0.1) is 27.9 Å². The fourth-order valence-electron chi connectivity index (χ4n) is 3.18. The topological polar surface area (TPSA) is 55.7 Å². The highest BCUT2D eigenvalue weighted by atomic mass is 79.9. The zero-order valence-corrected chi connectivity index (χ0v) is 16.3. The number of halogens is 4. The van der Waals surface area contributed by atoms with Crippen molar-refractivity contribution >= 4 is 30.4 Å². The van der Waals surface area contributed by atoms with E-state index in [1.165, 1.54) is 6.07 Å². The Bertz CT molecular complexity index is 879. The van der Waals surface area contributed by atoms with Gasteiger partial charge in [0.15, 0.2) is 9.84 Å². The Morgan fingerprint density at radius 2 is 2.08 bits per heavy atom. The molecule has 3 rings (SSSR count). The number of aliphatic imine (C=N–C) groups is 1. The molecule has 1 saturated heterocycles. The fraction of sp³-hybridized carbons (Fsp3) is 0.471. The molecule has 26 heavy (non-hydrogen) atoms. The first-order valence-corrected chi connectivity index (χ1v) is 10.2. The van der Waals surface area contributed by atoms with Crippen molar-refractivity contribution in [3.63, 3.8) is 0 Å². The van der Waals surface area contributed by atoms with Gasteiger partial charge in [-0.05, 0) is 65.5 Å². The molecule has 2 aliphatic rings. The summed E-state index contributed by atoms with van der Waals surface area (Å²) in [5.74, 6) is 0. The van der Waals surface area contributed by atoms with Crippen LogP contribution < -0.4 is 0 Å². The molecule has 1 aromatic carbocycles. The zero-order chi connectivity index (χ0) is 19.2. The summed E-state index contributed by atoms with van der Waals surface area (Å²) in [6.45, 7) is 2.21. The minimum Gasteiger partial charge on any atom is -0.374 e. The van der Waals surface area contributed by atoms with Crippen LogP contribution in [-0.2, 0) is 20.8 Å². The number of hydrogen-bond donors (Lipinski definition) is 0. The number of nitrogens with zero attached hydrogens (tertiary/aromatic N) is 1.